The summed E-state index contributed by atoms with van der Waals surface area (Å²) in [5.74, 6) is 0. The van der Waals surface area contributed by atoms with Gasteiger partial charge in [-0.2, -0.15) is 0 Å². The SMILES string of the molecule is COCCOCCN1CCCNC2(CCCCC2)C1. The van der Waals surface area contributed by atoms with Gasteiger partial charge in [0.05, 0.1) is 19.8 Å². The highest BCUT2D eigenvalue weighted by Gasteiger charge is 2.34. The van der Waals surface area contributed by atoms with Gasteiger partial charge in [0.25, 0.3) is 0 Å². The number of rotatable bonds is 6. The van der Waals surface area contributed by atoms with Crippen molar-refractivity contribution in [2.24, 2.45) is 0 Å². The number of nitrogens with one attached hydrogen (secondary N) is 1. The largest absolute Gasteiger partial charge is 0.382 e. The molecule has 1 heterocycles. The van der Waals surface area contributed by atoms with Gasteiger partial charge < -0.3 is 14.8 Å². The van der Waals surface area contributed by atoms with Gasteiger partial charge in [-0.3, -0.25) is 4.90 Å². The maximum atomic E-state index is 5.61. The Morgan fingerprint density at radius 3 is 2.68 bits per heavy atom. The van der Waals surface area contributed by atoms with E-state index >= 15 is 0 Å². The van der Waals surface area contributed by atoms with E-state index in [1.807, 2.05) is 0 Å². The number of methoxy groups -OCH3 is 1. The number of ether oxygens (including phenoxy) is 2. The summed E-state index contributed by atoms with van der Waals surface area (Å²) in [5.41, 5.74) is 0.404. The standard InChI is InChI=1S/C15H30N2O2/c1-18-12-13-19-11-10-17-9-5-8-16-15(14-17)6-3-2-4-7-15/h16H,2-14H2,1H3. The van der Waals surface area contributed by atoms with Crippen LogP contribution in [0.5, 0.6) is 0 Å². The van der Waals surface area contributed by atoms with Gasteiger partial charge in [0.1, 0.15) is 0 Å². The molecular formula is C15H30N2O2. The van der Waals surface area contributed by atoms with Crippen molar-refractivity contribution in [1.29, 1.82) is 0 Å². The van der Waals surface area contributed by atoms with Crippen molar-refractivity contribution in [3.05, 3.63) is 0 Å². The molecular weight excluding hydrogens is 240 g/mol. The second-order valence-corrected chi connectivity index (χ2v) is 6.00. The first kappa shape index (κ1) is 15.2. The van der Waals surface area contributed by atoms with Crippen LogP contribution >= 0.6 is 0 Å². The number of hydrogen-bond acceptors (Lipinski definition) is 4. The van der Waals surface area contributed by atoms with Crippen LogP contribution in [-0.4, -0.2) is 63.5 Å². The van der Waals surface area contributed by atoms with Crippen molar-refractivity contribution in [2.75, 3.05) is 53.1 Å². The highest BCUT2D eigenvalue weighted by atomic mass is 16.5. The second-order valence-electron chi connectivity index (χ2n) is 6.00. The Balaban J connectivity index is 1.73. The van der Waals surface area contributed by atoms with Gasteiger partial charge >= 0.3 is 0 Å². The summed E-state index contributed by atoms with van der Waals surface area (Å²) in [5, 5.41) is 3.84. The fourth-order valence-electron chi connectivity index (χ4n) is 3.41. The highest BCUT2D eigenvalue weighted by molar-refractivity contribution is 4.95. The predicted molar refractivity (Wildman–Crippen MR) is 77.6 cm³/mol. The lowest BCUT2D eigenvalue weighted by atomic mass is 9.81. The molecule has 1 saturated heterocycles. The van der Waals surface area contributed by atoms with Gasteiger partial charge in [-0.25, -0.2) is 0 Å². The van der Waals surface area contributed by atoms with Crippen molar-refractivity contribution in [3.63, 3.8) is 0 Å². The molecule has 1 saturated carbocycles. The lowest BCUT2D eigenvalue weighted by Crippen LogP contribution is -2.53. The molecule has 1 spiro atoms. The fraction of sp³-hybridized carbons (Fsp3) is 1.00. The van der Waals surface area contributed by atoms with Crippen molar-refractivity contribution < 1.29 is 9.47 Å². The summed E-state index contributed by atoms with van der Waals surface area (Å²) in [6, 6.07) is 0. The van der Waals surface area contributed by atoms with Gasteiger partial charge in [0.15, 0.2) is 0 Å². The molecule has 19 heavy (non-hydrogen) atoms. The molecule has 1 aliphatic heterocycles. The minimum atomic E-state index is 0.404. The first-order valence-corrected chi connectivity index (χ1v) is 7.89. The summed E-state index contributed by atoms with van der Waals surface area (Å²) < 4.78 is 10.6. The molecule has 0 radical (unpaired) electrons. The van der Waals surface area contributed by atoms with E-state index in [2.05, 4.69) is 10.2 Å². The van der Waals surface area contributed by atoms with Crippen LogP contribution in [0.1, 0.15) is 38.5 Å². The summed E-state index contributed by atoms with van der Waals surface area (Å²) >= 11 is 0. The highest BCUT2D eigenvalue weighted by Crippen LogP contribution is 2.30. The zero-order valence-corrected chi connectivity index (χ0v) is 12.5. The van der Waals surface area contributed by atoms with E-state index in [9.17, 15) is 0 Å². The quantitative estimate of drug-likeness (QED) is 0.744. The Bertz CT molecular complexity index is 242. The minimum absolute atomic E-state index is 0.404. The Morgan fingerprint density at radius 2 is 1.89 bits per heavy atom. The molecule has 0 atom stereocenters. The van der Waals surface area contributed by atoms with E-state index in [0.29, 0.717) is 18.8 Å². The maximum absolute atomic E-state index is 5.61. The van der Waals surface area contributed by atoms with Gasteiger partial charge in [-0.15, -0.1) is 0 Å². The molecule has 0 unspecified atom stereocenters. The Morgan fingerprint density at radius 1 is 1.05 bits per heavy atom. The Hall–Kier alpha value is -0.160. The van der Waals surface area contributed by atoms with Crippen molar-refractivity contribution in [3.8, 4) is 0 Å². The lowest BCUT2D eigenvalue weighted by molar-refractivity contribution is 0.0521. The van der Waals surface area contributed by atoms with E-state index in [-0.39, 0.29) is 0 Å². The average molecular weight is 270 g/mol. The van der Waals surface area contributed by atoms with Crippen LogP contribution in [-0.2, 0) is 9.47 Å². The van der Waals surface area contributed by atoms with E-state index in [4.69, 9.17) is 9.47 Å². The van der Waals surface area contributed by atoms with Gasteiger partial charge in [-0.05, 0) is 32.4 Å². The van der Waals surface area contributed by atoms with Crippen LogP contribution in [0.15, 0.2) is 0 Å². The molecule has 0 aromatic heterocycles. The molecule has 2 fully saturated rings. The average Bonchev–Trinajstić information content (AvgIpc) is 2.62. The van der Waals surface area contributed by atoms with Crippen LogP contribution < -0.4 is 5.32 Å². The Kier molecular flexibility index (Phi) is 6.57. The topological polar surface area (TPSA) is 33.7 Å². The molecule has 1 aliphatic carbocycles. The molecule has 4 heteroatoms. The van der Waals surface area contributed by atoms with Gasteiger partial charge in [-0.1, -0.05) is 19.3 Å². The van der Waals surface area contributed by atoms with Gasteiger partial charge in [0, 0.05) is 25.7 Å². The molecule has 0 bridgehead atoms. The summed E-state index contributed by atoms with van der Waals surface area (Å²) in [7, 11) is 1.72. The maximum Gasteiger partial charge on any atom is 0.0700 e. The third-order valence-electron chi connectivity index (χ3n) is 4.47. The van der Waals surface area contributed by atoms with Crippen LogP contribution in [0.3, 0.4) is 0 Å². The molecule has 0 amide bonds. The number of nitrogens with zero attached hydrogens (tertiary/aromatic N) is 1. The predicted octanol–water partition coefficient (Wildman–Crippen LogP) is 1.65. The monoisotopic (exact) mass is 270 g/mol. The third-order valence-corrected chi connectivity index (χ3v) is 4.47. The van der Waals surface area contributed by atoms with Crippen molar-refractivity contribution in [2.45, 2.75) is 44.1 Å². The Labute approximate surface area is 117 Å². The molecule has 2 aliphatic rings. The van der Waals surface area contributed by atoms with Crippen LogP contribution in [0.2, 0.25) is 0 Å². The third kappa shape index (κ3) is 5.03. The molecule has 4 nitrogen and oxygen atoms in total. The first-order chi connectivity index (χ1) is 9.35. The zero-order chi connectivity index (χ0) is 13.4. The normalized spacial score (nSPS) is 24.5. The van der Waals surface area contributed by atoms with E-state index in [1.54, 1.807) is 7.11 Å². The van der Waals surface area contributed by atoms with E-state index < -0.39 is 0 Å². The molecule has 2 rings (SSSR count). The molecule has 0 aromatic rings. The van der Waals surface area contributed by atoms with Crippen molar-refractivity contribution >= 4 is 0 Å². The van der Waals surface area contributed by atoms with Crippen LogP contribution in [0, 0.1) is 0 Å². The second kappa shape index (κ2) is 8.20. The number of hydrogen-bond donors (Lipinski definition) is 1. The lowest BCUT2D eigenvalue weighted by Gasteiger charge is -2.40. The zero-order valence-electron chi connectivity index (χ0n) is 12.5. The summed E-state index contributed by atoms with van der Waals surface area (Å²) in [6.45, 7) is 6.91. The van der Waals surface area contributed by atoms with Crippen LogP contribution in [0.25, 0.3) is 0 Å². The molecule has 1 N–H and O–H groups in total. The van der Waals surface area contributed by atoms with Crippen LogP contribution in [0.4, 0.5) is 0 Å². The fourth-order valence-corrected chi connectivity index (χ4v) is 3.41. The summed E-state index contributed by atoms with van der Waals surface area (Å²) in [4.78, 5) is 2.60. The minimum Gasteiger partial charge on any atom is -0.382 e. The smallest absolute Gasteiger partial charge is 0.0700 e. The van der Waals surface area contributed by atoms with Crippen molar-refractivity contribution in [1.82, 2.24) is 10.2 Å². The van der Waals surface area contributed by atoms with E-state index in [0.717, 1.165) is 13.2 Å². The first-order valence-electron chi connectivity index (χ1n) is 7.89. The molecule has 112 valence electrons. The van der Waals surface area contributed by atoms with Gasteiger partial charge in [0.2, 0.25) is 0 Å². The van der Waals surface area contributed by atoms with E-state index in [1.165, 1.54) is 58.2 Å². The summed E-state index contributed by atoms with van der Waals surface area (Å²) in [6.07, 6.45) is 8.18. The molecule has 0 aromatic carbocycles.